The molecule has 27 heavy (non-hydrogen) atoms. The van der Waals surface area contributed by atoms with Gasteiger partial charge in [0.2, 0.25) is 5.91 Å². The fraction of sp³-hybridized carbons (Fsp3) is 0.211. The number of nitro benzene ring substituents is 1. The van der Waals surface area contributed by atoms with Crippen LogP contribution in [-0.2, 0) is 11.3 Å². The van der Waals surface area contributed by atoms with Crippen LogP contribution in [0.5, 0.6) is 11.5 Å². The highest BCUT2D eigenvalue weighted by atomic mass is 16.6. The Labute approximate surface area is 154 Å². The molecule has 138 valence electrons. The van der Waals surface area contributed by atoms with Crippen molar-refractivity contribution in [3.05, 3.63) is 64.8 Å². The third kappa shape index (κ3) is 3.55. The zero-order valence-electron chi connectivity index (χ0n) is 14.3. The standard InChI is InChI=1S/C19H17N3O5/c23-19(20-10-15-12-26-17-3-1-2-4-18(17)27-15)11-21-8-7-13-9-14(22(24)25)5-6-16(13)21/h1-9,15H,10-12H2,(H,20,23)/t15-/m1/s1. The second-order valence-electron chi connectivity index (χ2n) is 6.25. The molecule has 0 aliphatic carbocycles. The molecular formula is C19H17N3O5. The predicted molar refractivity (Wildman–Crippen MR) is 98.0 cm³/mol. The van der Waals surface area contributed by atoms with Crippen LogP contribution in [0.2, 0.25) is 0 Å². The molecule has 1 atom stereocenters. The summed E-state index contributed by atoms with van der Waals surface area (Å²) >= 11 is 0. The van der Waals surface area contributed by atoms with Crippen LogP contribution in [0.25, 0.3) is 10.9 Å². The van der Waals surface area contributed by atoms with Crippen LogP contribution in [0.15, 0.2) is 54.7 Å². The normalized spacial score (nSPS) is 15.5. The third-order valence-corrected chi connectivity index (χ3v) is 4.37. The second kappa shape index (κ2) is 6.99. The van der Waals surface area contributed by atoms with Crippen molar-refractivity contribution < 1.29 is 19.2 Å². The van der Waals surface area contributed by atoms with Gasteiger partial charge in [0.25, 0.3) is 5.69 Å². The molecule has 2 heterocycles. The van der Waals surface area contributed by atoms with Crippen molar-refractivity contribution in [1.82, 2.24) is 9.88 Å². The number of fused-ring (bicyclic) bond motifs is 2. The zero-order valence-corrected chi connectivity index (χ0v) is 14.3. The summed E-state index contributed by atoms with van der Waals surface area (Å²) in [7, 11) is 0. The Hall–Kier alpha value is -3.55. The number of hydrogen-bond donors (Lipinski definition) is 1. The minimum Gasteiger partial charge on any atom is -0.486 e. The van der Waals surface area contributed by atoms with E-state index in [4.69, 9.17) is 9.47 Å². The van der Waals surface area contributed by atoms with Crippen molar-refractivity contribution >= 4 is 22.5 Å². The summed E-state index contributed by atoms with van der Waals surface area (Å²) in [5, 5.41) is 14.4. The SMILES string of the molecule is O=C(Cn1ccc2cc([N+](=O)[O-])ccc21)NC[C@@H]1COc2ccccc2O1. The molecule has 0 saturated carbocycles. The summed E-state index contributed by atoms with van der Waals surface area (Å²) in [6, 6.07) is 13.7. The number of rotatable bonds is 5. The number of ether oxygens (including phenoxy) is 2. The van der Waals surface area contributed by atoms with E-state index in [0.29, 0.717) is 24.7 Å². The molecular weight excluding hydrogens is 350 g/mol. The fourth-order valence-electron chi connectivity index (χ4n) is 3.04. The Morgan fingerprint density at radius 1 is 1.22 bits per heavy atom. The maximum absolute atomic E-state index is 12.3. The van der Waals surface area contributed by atoms with Gasteiger partial charge in [-0.05, 0) is 24.3 Å². The molecule has 4 rings (SSSR count). The number of amides is 1. The summed E-state index contributed by atoms with van der Waals surface area (Å²) in [5.74, 6) is 1.20. The number of carbonyl (C=O) groups excluding carboxylic acids is 1. The molecule has 1 aliphatic heterocycles. The van der Waals surface area contributed by atoms with E-state index in [1.54, 1.807) is 22.9 Å². The van der Waals surface area contributed by atoms with Gasteiger partial charge in [0, 0.05) is 29.2 Å². The van der Waals surface area contributed by atoms with Crippen molar-refractivity contribution in [1.29, 1.82) is 0 Å². The third-order valence-electron chi connectivity index (χ3n) is 4.37. The van der Waals surface area contributed by atoms with Gasteiger partial charge in [-0.2, -0.15) is 0 Å². The van der Waals surface area contributed by atoms with E-state index in [2.05, 4.69) is 5.32 Å². The Balaban J connectivity index is 1.36. The van der Waals surface area contributed by atoms with Crippen LogP contribution in [0.3, 0.4) is 0 Å². The van der Waals surface area contributed by atoms with E-state index in [1.165, 1.54) is 12.1 Å². The molecule has 0 bridgehead atoms. The summed E-state index contributed by atoms with van der Waals surface area (Å²) in [4.78, 5) is 22.7. The second-order valence-corrected chi connectivity index (χ2v) is 6.25. The van der Waals surface area contributed by atoms with E-state index in [9.17, 15) is 14.9 Å². The number of nitrogens with one attached hydrogen (secondary N) is 1. The number of para-hydroxylation sites is 2. The lowest BCUT2D eigenvalue weighted by Gasteiger charge is -2.26. The number of aromatic nitrogens is 1. The highest BCUT2D eigenvalue weighted by molar-refractivity contribution is 5.85. The van der Waals surface area contributed by atoms with Gasteiger partial charge in [0.05, 0.1) is 11.5 Å². The molecule has 2 aromatic carbocycles. The number of nitro groups is 1. The summed E-state index contributed by atoms with van der Waals surface area (Å²) in [6.45, 7) is 0.816. The number of non-ortho nitro benzene ring substituents is 1. The van der Waals surface area contributed by atoms with E-state index >= 15 is 0 Å². The topological polar surface area (TPSA) is 95.6 Å². The molecule has 8 nitrogen and oxygen atoms in total. The average molecular weight is 367 g/mol. The molecule has 1 amide bonds. The first-order valence-electron chi connectivity index (χ1n) is 8.48. The molecule has 8 heteroatoms. The lowest BCUT2D eigenvalue weighted by Crippen LogP contribution is -2.41. The van der Waals surface area contributed by atoms with Crippen molar-refractivity contribution in [2.75, 3.05) is 13.2 Å². The highest BCUT2D eigenvalue weighted by Gasteiger charge is 2.21. The van der Waals surface area contributed by atoms with E-state index < -0.39 is 4.92 Å². The summed E-state index contributed by atoms with van der Waals surface area (Å²) < 4.78 is 13.2. The molecule has 3 aromatic rings. The molecule has 0 saturated heterocycles. The molecule has 0 unspecified atom stereocenters. The van der Waals surface area contributed by atoms with Crippen molar-refractivity contribution in [3.8, 4) is 11.5 Å². The van der Waals surface area contributed by atoms with Gasteiger partial charge in [0.1, 0.15) is 19.3 Å². The largest absolute Gasteiger partial charge is 0.486 e. The van der Waals surface area contributed by atoms with Gasteiger partial charge < -0.3 is 19.4 Å². The number of nitrogens with zero attached hydrogens (tertiary/aromatic N) is 2. The first kappa shape index (κ1) is 16.9. The van der Waals surface area contributed by atoms with Gasteiger partial charge in [-0.25, -0.2) is 0 Å². The predicted octanol–water partition coefficient (Wildman–Crippen LogP) is 2.51. The van der Waals surface area contributed by atoms with Gasteiger partial charge in [0.15, 0.2) is 11.5 Å². The molecule has 0 fully saturated rings. The van der Waals surface area contributed by atoms with Crippen LogP contribution in [0.4, 0.5) is 5.69 Å². The van der Waals surface area contributed by atoms with E-state index in [0.717, 1.165) is 10.9 Å². The lowest BCUT2D eigenvalue weighted by atomic mass is 10.2. The maximum Gasteiger partial charge on any atom is 0.270 e. The Bertz CT molecular complexity index is 1010. The fourth-order valence-corrected chi connectivity index (χ4v) is 3.04. The Morgan fingerprint density at radius 3 is 2.85 bits per heavy atom. The Kier molecular flexibility index (Phi) is 4.37. The monoisotopic (exact) mass is 367 g/mol. The first-order chi connectivity index (χ1) is 13.1. The van der Waals surface area contributed by atoms with Gasteiger partial charge >= 0.3 is 0 Å². The van der Waals surface area contributed by atoms with E-state index in [-0.39, 0.29) is 24.2 Å². The number of hydrogen-bond acceptors (Lipinski definition) is 5. The molecule has 0 spiro atoms. The van der Waals surface area contributed by atoms with Crippen LogP contribution in [0, 0.1) is 10.1 Å². The summed E-state index contributed by atoms with van der Waals surface area (Å²) in [6.07, 6.45) is 1.48. The molecule has 1 aliphatic rings. The average Bonchev–Trinajstić information content (AvgIpc) is 3.08. The van der Waals surface area contributed by atoms with Crippen LogP contribution < -0.4 is 14.8 Å². The first-order valence-corrected chi connectivity index (χ1v) is 8.48. The smallest absolute Gasteiger partial charge is 0.270 e. The van der Waals surface area contributed by atoms with Gasteiger partial charge in [-0.3, -0.25) is 14.9 Å². The van der Waals surface area contributed by atoms with Crippen LogP contribution in [0.1, 0.15) is 0 Å². The van der Waals surface area contributed by atoms with Gasteiger partial charge in [-0.15, -0.1) is 0 Å². The highest BCUT2D eigenvalue weighted by Crippen LogP contribution is 2.30. The van der Waals surface area contributed by atoms with Crippen molar-refractivity contribution in [2.24, 2.45) is 0 Å². The number of carbonyl (C=O) groups is 1. The zero-order chi connectivity index (χ0) is 18.8. The molecule has 1 aromatic heterocycles. The van der Waals surface area contributed by atoms with Crippen molar-refractivity contribution in [3.63, 3.8) is 0 Å². The molecule has 0 radical (unpaired) electrons. The van der Waals surface area contributed by atoms with E-state index in [1.807, 2.05) is 24.3 Å². The minimum atomic E-state index is -0.437. The molecule has 1 N–H and O–H groups in total. The quantitative estimate of drug-likeness (QED) is 0.552. The van der Waals surface area contributed by atoms with Gasteiger partial charge in [-0.1, -0.05) is 12.1 Å². The minimum absolute atomic E-state index is 0.0273. The summed E-state index contributed by atoms with van der Waals surface area (Å²) in [5.41, 5.74) is 0.793. The van der Waals surface area contributed by atoms with Crippen LogP contribution in [-0.4, -0.2) is 34.7 Å². The number of benzene rings is 2. The lowest BCUT2D eigenvalue weighted by molar-refractivity contribution is -0.384. The van der Waals surface area contributed by atoms with Crippen molar-refractivity contribution in [2.45, 2.75) is 12.6 Å². The van der Waals surface area contributed by atoms with Crippen LogP contribution >= 0.6 is 0 Å². The maximum atomic E-state index is 12.3. The Morgan fingerprint density at radius 2 is 2.04 bits per heavy atom.